The fourth-order valence-electron chi connectivity index (χ4n) is 4.28. The van der Waals surface area contributed by atoms with E-state index in [2.05, 4.69) is 12.1 Å². The van der Waals surface area contributed by atoms with Crippen molar-refractivity contribution in [2.45, 2.75) is 18.3 Å². The van der Waals surface area contributed by atoms with Crippen LogP contribution in [-0.4, -0.2) is 17.7 Å². The standard InChI is InChI=1S/C29H27NO3/c31-28(30-32)29(24-15-6-2-7-16-24,25-17-8-3-9-18-25)26-19-10-20-27(22-26)33-21-11-14-23-12-4-1-5-13-23/h1-10,12-13,15-20,22,32H,11,14,21H2,(H,30,31). The molecule has 0 fully saturated rings. The SMILES string of the molecule is O=C(NO)C(c1ccccc1)(c1ccccc1)c1cccc(OCCCc2ccccc2)c1. The van der Waals surface area contributed by atoms with Gasteiger partial charge in [-0.15, -0.1) is 0 Å². The lowest BCUT2D eigenvalue weighted by Crippen LogP contribution is -2.45. The Bertz CT molecular complexity index is 1120. The molecule has 1 amide bonds. The van der Waals surface area contributed by atoms with Gasteiger partial charge in [0.2, 0.25) is 0 Å². The third kappa shape index (κ3) is 4.81. The Hall–Kier alpha value is -3.89. The van der Waals surface area contributed by atoms with Crippen molar-refractivity contribution in [3.63, 3.8) is 0 Å². The van der Waals surface area contributed by atoms with Crippen LogP contribution in [0.5, 0.6) is 5.75 Å². The predicted octanol–water partition coefficient (Wildman–Crippen LogP) is 5.54. The van der Waals surface area contributed by atoms with Crippen LogP contribution in [0, 0.1) is 0 Å². The highest BCUT2D eigenvalue weighted by molar-refractivity contribution is 5.95. The first-order valence-corrected chi connectivity index (χ1v) is 11.1. The number of ether oxygens (including phenoxy) is 1. The van der Waals surface area contributed by atoms with Crippen molar-refractivity contribution >= 4 is 5.91 Å². The van der Waals surface area contributed by atoms with Gasteiger partial charge in [0.15, 0.2) is 0 Å². The van der Waals surface area contributed by atoms with Crippen LogP contribution in [0.15, 0.2) is 115 Å². The summed E-state index contributed by atoms with van der Waals surface area (Å²) >= 11 is 0. The molecule has 0 heterocycles. The van der Waals surface area contributed by atoms with E-state index in [0.29, 0.717) is 17.9 Å². The number of hydroxylamine groups is 1. The molecule has 33 heavy (non-hydrogen) atoms. The zero-order valence-electron chi connectivity index (χ0n) is 18.4. The van der Waals surface area contributed by atoms with E-state index in [1.807, 2.05) is 109 Å². The molecule has 0 atom stereocenters. The lowest BCUT2D eigenvalue weighted by molar-refractivity contribution is -0.132. The van der Waals surface area contributed by atoms with Gasteiger partial charge >= 0.3 is 0 Å². The second-order valence-electron chi connectivity index (χ2n) is 7.89. The topological polar surface area (TPSA) is 58.6 Å². The molecular formula is C29H27NO3. The third-order valence-electron chi connectivity index (χ3n) is 5.84. The Labute approximate surface area is 194 Å². The van der Waals surface area contributed by atoms with E-state index in [1.165, 1.54) is 5.56 Å². The minimum Gasteiger partial charge on any atom is -0.494 e. The molecule has 0 bridgehead atoms. The summed E-state index contributed by atoms with van der Waals surface area (Å²) in [5.74, 6) is 0.156. The molecule has 0 aromatic heterocycles. The molecular weight excluding hydrogens is 410 g/mol. The van der Waals surface area contributed by atoms with E-state index in [9.17, 15) is 10.0 Å². The van der Waals surface area contributed by atoms with E-state index in [-0.39, 0.29) is 0 Å². The summed E-state index contributed by atoms with van der Waals surface area (Å²) < 4.78 is 6.05. The number of rotatable bonds is 9. The molecule has 0 saturated carbocycles. The molecule has 0 aliphatic rings. The molecule has 0 unspecified atom stereocenters. The number of amides is 1. The molecule has 166 valence electrons. The van der Waals surface area contributed by atoms with Crippen molar-refractivity contribution in [1.29, 1.82) is 0 Å². The van der Waals surface area contributed by atoms with E-state index >= 15 is 0 Å². The minimum absolute atomic E-state index is 0.527. The van der Waals surface area contributed by atoms with Crippen LogP contribution in [-0.2, 0) is 16.6 Å². The molecule has 0 aliphatic heterocycles. The Morgan fingerprint density at radius 2 is 1.27 bits per heavy atom. The maximum absolute atomic E-state index is 13.4. The first-order chi connectivity index (χ1) is 16.2. The van der Waals surface area contributed by atoms with Crippen LogP contribution < -0.4 is 10.2 Å². The van der Waals surface area contributed by atoms with Crippen LogP contribution in [0.2, 0.25) is 0 Å². The zero-order valence-corrected chi connectivity index (χ0v) is 18.4. The highest BCUT2D eigenvalue weighted by Gasteiger charge is 2.44. The van der Waals surface area contributed by atoms with Crippen molar-refractivity contribution in [3.05, 3.63) is 138 Å². The molecule has 4 aromatic rings. The number of carbonyl (C=O) groups excluding carboxylic acids is 1. The van der Waals surface area contributed by atoms with E-state index in [4.69, 9.17) is 4.74 Å². The van der Waals surface area contributed by atoms with Crippen molar-refractivity contribution in [1.82, 2.24) is 5.48 Å². The summed E-state index contributed by atoms with van der Waals surface area (Å²) in [4.78, 5) is 13.4. The van der Waals surface area contributed by atoms with Gasteiger partial charge in [-0.1, -0.05) is 103 Å². The average Bonchev–Trinajstić information content (AvgIpc) is 2.89. The Morgan fingerprint density at radius 3 is 1.85 bits per heavy atom. The largest absolute Gasteiger partial charge is 0.494 e. The second kappa shape index (κ2) is 10.6. The molecule has 2 N–H and O–H groups in total. The number of hydrogen-bond donors (Lipinski definition) is 2. The van der Waals surface area contributed by atoms with Gasteiger partial charge in [-0.05, 0) is 47.2 Å². The summed E-state index contributed by atoms with van der Waals surface area (Å²) in [6.45, 7) is 0.564. The van der Waals surface area contributed by atoms with Crippen molar-refractivity contribution in [2.24, 2.45) is 0 Å². The number of benzene rings is 4. The van der Waals surface area contributed by atoms with Crippen LogP contribution in [0.25, 0.3) is 0 Å². The second-order valence-corrected chi connectivity index (χ2v) is 7.89. The van der Waals surface area contributed by atoms with E-state index in [1.54, 1.807) is 0 Å². The Balaban J connectivity index is 1.67. The average molecular weight is 438 g/mol. The number of nitrogens with one attached hydrogen (secondary N) is 1. The van der Waals surface area contributed by atoms with Crippen molar-refractivity contribution in [2.75, 3.05) is 6.61 Å². The lowest BCUT2D eigenvalue weighted by atomic mass is 9.69. The van der Waals surface area contributed by atoms with Gasteiger partial charge in [-0.2, -0.15) is 0 Å². The van der Waals surface area contributed by atoms with Crippen LogP contribution in [0.4, 0.5) is 0 Å². The summed E-state index contributed by atoms with van der Waals surface area (Å²) in [6.07, 6.45) is 1.82. The van der Waals surface area contributed by atoms with Gasteiger partial charge < -0.3 is 4.74 Å². The Morgan fingerprint density at radius 1 is 0.727 bits per heavy atom. The van der Waals surface area contributed by atoms with Crippen LogP contribution in [0.1, 0.15) is 28.7 Å². The molecule has 4 nitrogen and oxygen atoms in total. The maximum atomic E-state index is 13.4. The normalized spacial score (nSPS) is 11.1. The summed E-state index contributed by atoms with van der Waals surface area (Å²) in [5, 5.41) is 9.77. The quantitative estimate of drug-likeness (QED) is 0.156. The molecule has 0 aliphatic carbocycles. The fraction of sp³-hybridized carbons (Fsp3) is 0.138. The molecule has 0 radical (unpaired) electrons. The van der Waals surface area contributed by atoms with Gasteiger partial charge in [0.05, 0.1) is 6.61 Å². The van der Waals surface area contributed by atoms with E-state index in [0.717, 1.165) is 24.0 Å². The highest BCUT2D eigenvalue weighted by atomic mass is 16.5. The molecule has 4 aromatic carbocycles. The van der Waals surface area contributed by atoms with Gasteiger partial charge in [0.1, 0.15) is 11.2 Å². The van der Waals surface area contributed by atoms with E-state index < -0.39 is 11.3 Å². The Kier molecular flexibility index (Phi) is 7.18. The van der Waals surface area contributed by atoms with Crippen molar-refractivity contribution < 1.29 is 14.7 Å². The number of carbonyl (C=O) groups is 1. The smallest absolute Gasteiger partial charge is 0.262 e. The third-order valence-corrected chi connectivity index (χ3v) is 5.84. The van der Waals surface area contributed by atoms with Crippen molar-refractivity contribution in [3.8, 4) is 5.75 Å². The highest BCUT2D eigenvalue weighted by Crippen LogP contribution is 2.40. The van der Waals surface area contributed by atoms with Crippen LogP contribution >= 0.6 is 0 Å². The lowest BCUT2D eigenvalue weighted by Gasteiger charge is -2.33. The predicted molar refractivity (Wildman–Crippen MR) is 129 cm³/mol. The summed E-state index contributed by atoms with van der Waals surface area (Å²) in [6, 6.07) is 36.8. The van der Waals surface area contributed by atoms with Gasteiger partial charge in [0.25, 0.3) is 5.91 Å². The zero-order chi connectivity index (χ0) is 22.9. The summed E-state index contributed by atoms with van der Waals surface area (Å²) in [5.41, 5.74) is 4.18. The number of aryl methyl sites for hydroxylation is 1. The summed E-state index contributed by atoms with van der Waals surface area (Å²) in [7, 11) is 0. The monoisotopic (exact) mass is 437 g/mol. The van der Waals surface area contributed by atoms with Crippen LogP contribution in [0.3, 0.4) is 0 Å². The number of hydrogen-bond acceptors (Lipinski definition) is 3. The molecule has 0 saturated heterocycles. The maximum Gasteiger partial charge on any atom is 0.262 e. The molecule has 0 spiro atoms. The fourth-order valence-corrected chi connectivity index (χ4v) is 4.28. The van der Waals surface area contributed by atoms with Gasteiger partial charge in [-0.25, -0.2) is 5.48 Å². The minimum atomic E-state index is -1.24. The molecule has 4 rings (SSSR count). The van der Waals surface area contributed by atoms with Gasteiger partial charge in [0, 0.05) is 0 Å². The first-order valence-electron chi connectivity index (χ1n) is 11.1. The molecule has 4 heteroatoms. The van der Waals surface area contributed by atoms with Gasteiger partial charge in [-0.3, -0.25) is 10.0 Å². The first kappa shape index (κ1) is 22.3.